The smallest absolute Gasteiger partial charge is 0.214 e. The molecule has 262 valence electrons. The van der Waals surface area contributed by atoms with E-state index in [1.54, 1.807) is 0 Å². The van der Waals surface area contributed by atoms with Gasteiger partial charge in [-0.3, -0.25) is 0 Å². The van der Waals surface area contributed by atoms with Gasteiger partial charge in [0.1, 0.15) is 0 Å². The van der Waals surface area contributed by atoms with Crippen molar-refractivity contribution in [3.05, 3.63) is 297 Å². The molecule has 0 atom stereocenters. The summed E-state index contributed by atoms with van der Waals surface area (Å²) in [5, 5.41) is 0. The minimum atomic E-state index is 0. The molecule has 0 aromatic heterocycles. The van der Waals surface area contributed by atoms with Crippen molar-refractivity contribution >= 4 is 0 Å². The fourth-order valence-electron chi connectivity index (χ4n) is 3.41. The predicted molar refractivity (Wildman–Crippen MR) is 222 cm³/mol. The van der Waals surface area contributed by atoms with E-state index in [0.29, 0.717) is 0 Å². The van der Waals surface area contributed by atoms with Crippen molar-refractivity contribution in [3.63, 3.8) is 0 Å². The zero-order valence-corrected chi connectivity index (χ0v) is 34.1. The Morgan fingerprint density at radius 2 is 0.736 bits per heavy atom. The summed E-state index contributed by atoms with van der Waals surface area (Å²) in [6.45, 7) is 11.5. The molecule has 0 spiro atoms. The molecule has 0 saturated heterocycles. The first kappa shape index (κ1) is 50.2. The van der Waals surface area contributed by atoms with Crippen molar-refractivity contribution in [3.8, 4) is 0 Å². The fraction of sp³-hybridized carbons (Fsp3) is 0.0392. The number of hydrogen-bond acceptors (Lipinski definition) is 0. The van der Waals surface area contributed by atoms with Gasteiger partial charge in [-0.2, -0.15) is 218 Å². The van der Waals surface area contributed by atoms with Crippen molar-refractivity contribution in [2.24, 2.45) is 0 Å². The van der Waals surface area contributed by atoms with Crippen LogP contribution in [0.2, 0.25) is 0 Å². The Bertz CT molecular complexity index is 1450. The quantitative estimate of drug-likeness (QED) is 0.116. The molecule has 0 aliphatic heterocycles. The Morgan fingerprint density at radius 1 is 0.415 bits per heavy atom. The van der Waals surface area contributed by atoms with Crippen LogP contribution in [0.5, 0.6) is 0 Å². The van der Waals surface area contributed by atoms with Gasteiger partial charge in [0.25, 0.3) is 0 Å². The average Bonchev–Trinajstić information content (AvgIpc) is 4.00. The standard InChI is InChI=1S/C8H9.3C7H7.2C6H5.2C5H5.2Ti/c1-2-8-6-4-3-5-7-8;3*1-7-5-3-2-4-6-7;2*1-2-4-6-5-3-1;2*1-2-4-5-3-1;;/h2-7H,1H3;2-5H,1H3;2*2-6H,1H2;2*1-5H;2*1-5H;;/q8*-1;2*+4. The summed E-state index contributed by atoms with van der Waals surface area (Å²) >= 11 is 0. The van der Waals surface area contributed by atoms with E-state index in [9.17, 15) is 0 Å². The van der Waals surface area contributed by atoms with Gasteiger partial charge in [-0.25, -0.2) is 24.3 Å². The molecular weight excluding hydrogens is 708 g/mol. The molecule has 8 aromatic rings. The third-order valence-electron chi connectivity index (χ3n) is 6.01. The maximum atomic E-state index is 3.72. The van der Waals surface area contributed by atoms with Gasteiger partial charge in [-0.1, -0.05) is 32.0 Å². The number of benzene rings is 6. The summed E-state index contributed by atoms with van der Waals surface area (Å²) in [4.78, 5) is 0. The monoisotopic (exact) mass is 758 g/mol. The van der Waals surface area contributed by atoms with E-state index in [1.165, 1.54) is 11.1 Å². The van der Waals surface area contributed by atoms with Crippen molar-refractivity contribution in [2.75, 3.05) is 0 Å². The minimum absolute atomic E-state index is 0. The van der Waals surface area contributed by atoms with E-state index < -0.39 is 0 Å². The first-order valence-corrected chi connectivity index (χ1v) is 16.8. The van der Waals surface area contributed by atoms with Crippen LogP contribution in [0.3, 0.4) is 0 Å². The zero-order chi connectivity index (χ0) is 36.7. The maximum absolute atomic E-state index is 3.72. The Morgan fingerprint density at radius 3 is 0.887 bits per heavy atom. The third-order valence-corrected chi connectivity index (χ3v) is 6.01. The van der Waals surface area contributed by atoms with Crippen LogP contribution in [0.15, 0.2) is 237 Å². The van der Waals surface area contributed by atoms with Gasteiger partial charge in [0.15, 0.2) is 0 Å². The van der Waals surface area contributed by atoms with E-state index in [4.69, 9.17) is 0 Å². The van der Waals surface area contributed by atoms with E-state index in [-0.39, 0.29) is 43.4 Å². The topological polar surface area (TPSA) is 0 Å². The molecule has 8 aromatic carbocycles. The molecule has 8 rings (SSSR count). The molecule has 0 nitrogen and oxygen atoms in total. The molecule has 2 heteroatoms. The Hall–Kier alpha value is -4.94. The van der Waals surface area contributed by atoms with Crippen molar-refractivity contribution < 1.29 is 43.4 Å². The summed E-state index contributed by atoms with van der Waals surface area (Å²) in [5.41, 5.74) is 4.63. The van der Waals surface area contributed by atoms with Crippen molar-refractivity contribution in [1.29, 1.82) is 0 Å². The van der Waals surface area contributed by atoms with Gasteiger partial charge in [0, 0.05) is 0 Å². The number of rotatable bonds is 1. The van der Waals surface area contributed by atoms with Crippen LogP contribution in [0.1, 0.15) is 29.2 Å². The summed E-state index contributed by atoms with van der Waals surface area (Å²) in [6, 6.07) is 86.0. The first-order valence-electron chi connectivity index (χ1n) is 16.8. The van der Waals surface area contributed by atoms with E-state index in [1.807, 2.05) is 238 Å². The van der Waals surface area contributed by atoms with Gasteiger partial charge >= 0.3 is 43.4 Å². The second-order valence-corrected chi connectivity index (χ2v) is 10.3. The van der Waals surface area contributed by atoms with Crippen LogP contribution >= 0.6 is 0 Å². The number of hydrogen-bond donors (Lipinski definition) is 0. The van der Waals surface area contributed by atoms with Gasteiger partial charge in [0.2, 0.25) is 0 Å². The van der Waals surface area contributed by atoms with E-state index >= 15 is 0 Å². The molecule has 0 heterocycles. The largest absolute Gasteiger partial charge is 4.00 e. The van der Waals surface area contributed by atoms with E-state index in [2.05, 4.69) is 50.6 Å². The molecule has 0 unspecified atom stereocenters. The van der Waals surface area contributed by atoms with Crippen LogP contribution in [-0.4, -0.2) is 0 Å². The molecular formula is C51H50Ti2. The van der Waals surface area contributed by atoms with Gasteiger partial charge < -0.3 is 0 Å². The van der Waals surface area contributed by atoms with Crippen LogP contribution in [-0.2, 0) is 43.4 Å². The van der Waals surface area contributed by atoms with Gasteiger partial charge in [0.05, 0.1) is 0 Å². The number of aryl methyl sites for hydroxylation is 1. The summed E-state index contributed by atoms with van der Waals surface area (Å²) < 4.78 is 0. The summed E-state index contributed by atoms with van der Waals surface area (Å²) in [5.74, 6) is 0. The van der Waals surface area contributed by atoms with Crippen LogP contribution < -0.4 is 0 Å². The predicted octanol–water partition coefficient (Wildman–Crippen LogP) is 13.6. The van der Waals surface area contributed by atoms with Crippen LogP contribution in [0.25, 0.3) is 0 Å². The molecule has 0 N–H and O–H groups in total. The van der Waals surface area contributed by atoms with Crippen molar-refractivity contribution in [1.82, 2.24) is 0 Å². The van der Waals surface area contributed by atoms with Gasteiger partial charge in [-0.05, 0) is 0 Å². The van der Waals surface area contributed by atoms with Crippen LogP contribution in [0, 0.1) is 45.4 Å². The average molecular weight is 759 g/mol. The Kier molecular flexibility index (Phi) is 37.7. The van der Waals surface area contributed by atoms with Gasteiger partial charge in [-0.15, -0.1) is 36.4 Å². The second kappa shape index (κ2) is 39.8. The molecule has 53 heavy (non-hydrogen) atoms. The zero-order valence-electron chi connectivity index (χ0n) is 31.0. The fourth-order valence-corrected chi connectivity index (χ4v) is 3.41. The minimum Gasteiger partial charge on any atom is -0.214 e. The normalized spacial score (nSPS) is 8.04. The van der Waals surface area contributed by atoms with E-state index in [0.717, 1.165) is 11.1 Å². The molecule has 0 aliphatic carbocycles. The molecule has 0 aliphatic rings. The molecule has 0 saturated carbocycles. The van der Waals surface area contributed by atoms with Crippen molar-refractivity contribution in [2.45, 2.75) is 13.8 Å². The van der Waals surface area contributed by atoms with Crippen LogP contribution in [0.4, 0.5) is 0 Å². The summed E-state index contributed by atoms with van der Waals surface area (Å²) in [6.07, 6.45) is 2.08. The summed E-state index contributed by atoms with van der Waals surface area (Å²) in [7, 11) is 0. The SMILES string of the molecule is C[CH-]c1ccccc1.Cc1[c-]cccc1.[CH2-]c1ccccc1.[CH2-]c1ccccc1.[Ti+4].[Ti+4].[c-]1ccccc1.[c-]1ccccc1.c1cc[cH-]c1.c1cc[cH-]c1. The molecule has 0 amide bonds. The molecule has 0 radical (unpaired) electrons. The first-order chi connectivity index (χ1) is 25.1. The molecule has 0 fully saturated rings. The third kappa shape index (κ3) is 36.6. The maximum Gasteiger partial charge on any atom is 4.00 e. The Labute approximate surface area is 352 Å². The molecule has 0 bridgehead atoms. The Balaban J connectivity index is 0. The second-order valence-electron chi connectivity index (χ2n) is 10.3.